The van der Waals surface area contributed by atoms with Crippen molar-refractivity contribution in [1.29, 1.82) is 0 Å². The Hall–Kier alpha value is -3.07. The normalized spacial score (nSPS) is 12.3. The van der Waals surface area contributed by atoms with Gasteiger partial charge in [0.15, 0.2) is 0 Å². The highest BCUT2D eigenvalue weighted by molar-refractivity contribution is 5.94. The first-order valence-electron chi connectivity index (χ1n) is 10.0. The largest absolute Gasteiger partial charge is 0.489 e. The number of rotatable bonds is 6. The SMILES string of the molecule is C[C@@H](NC(=O)c1ccc(COc2ccc(C(C)(C)C)cc2)cc1)c1ccccc1. The Bertz CT molecular complexity index is 923. The highest BCUT2D eigenvalue weighted by Crippen LogP contribution is 2.24. The lowest BCUT2D eigenvalue weighted by Crippen LogP contribution is -2.26. The number of carbonyl (C=O) groups excluding carboxylic acids is 1. The minimum absolute atomic E-state index is 0.0391. The molecule has 0 heterocycles. The first-order valence-corrected chi connectivity index (χ1v) is 10.0. The van der Waals surface area contributed by atoms with Crippen molar-refractivity contribution in [2.75, 3.05) is 0 Å². The topological polar surface area (TPSA) is 38.3 Å². The number of hydrogen-bond acceptors (Lipinski definition) is 2. The van der Waals surface area contributed by atoms with E-state index in [2.05, 4.69) is 38.2 Å². The number of amides is 1. The average molecular weight is 388 g/mol. The zero-order chi connectivity index (χ0) is 20.9. The summed E-state index contributed by atoms with van der Waals surface area (Å²) in [6.07, 6.45) is 0. The summed E-state index contributed by atoms with van der Waals surface area (Å²) in [7, 11) is 0. The Morgan fingerprint density at radius 2 is 1.52 bits per heavy atom. The molecule has 0 aromatic heterocycles. The van der Waals surface area contributed by atoms with Gasteiger partial charge in [0.1, 0.15) is 12.4 Å². The molecule has 3 aromatic rings. The fourth-order valence-corrected chi connectivity index (χ4v) is 3.08. The van der Waals surface area contributed by atoms with Crippen LogP contribution in [0.15, 0.2) is 78.9 Å². The van der Waals surface area contributed by atoms with Crippen molar-refractivity contribution >= 4 is 5.91 Å². The van der Waals surface area contributed by atoms with Gasteiger partial charge in [0, 0.05) is 5.56 Å². The molecule has 29 heavy (non-hydrogen) atoms. The summed E-state index contributed by atoms with van der Waals surface area (Å²) in [6.45, 7) is 9.04. The predicted molar refractivity (Wildman–Crippen MR) is 118 cm³/mol. The zero-order valence-corrected chi connectivity index (χ0v) is 17.6. The number of hydrogen-bond donors (Lipinski definition) is 1. The summed E-state index contributed by atoms with van der Waals surface area (Å²) in [4.78, 5) is 12.5. The van der Waals surface area contributed by atoms with Crippen LogP contribution in [0.5, 0.6) is 5.75 Å². The van der Waals surface area contributed by atoms with Gasteiger partial charge in [-0.1, -0.05) is 75.4 Å². The molecule has 1 N–H and O–H groups in total. The minimum Gasteiger partial charge on any atom is -0.489 e. The van der Waals surface area contributed by atoms with Crippen molar-refractivity contribution in [2.24, 2.45) is 0 Å². The van der Waals surface area contributed by atoms with Crippen molar-refractivity contribution in [1.82, 2.24) is 5.32 Å². The van der Waals surface area contributed by atoms with Crippen LogP contribution < -0.4 is 10.1 Å². The Kier molecular flexibility index (Phi) is 6.38. The molecular weight excluding hydrogens is 358 g/mol. The minimum atomic E-state index is -0.0772. The lowest BCUT2D eigenvalue weighted by molar-refractivity contribution is 0.0940. The first-order chi connectivity index (χ1) is 13.8. The van der Waals surface area contributed by atoms with E-state index in [-0.39, 0.29) is 17.4 Å². The van der Waals surface area contributed by atoms with Crippen molar-refractivity contribution < 1.29 is 9.53 Å². The molecule has 3 aromatic carbocycles. The van der Waals surface area contributed by atoms with Gasteiger partial charge in [-0.25, -0.2) is 0 Å². The van der Waals surface area contributed by atoms with Gasteiger partial charge in [0.2, 0.25) is 0 Å². The van der Waals surface area contributed by atoms with Crippen LogP contribution in [0.1, 0.15) is 60.8 Å². The maximum Gasteiger partial charge on any atom is 0.251 e. The molecule has 150 valence electrons. The Balaban J connectivity index is 1.55. The maximum atomic E-state index is 12.5. The molecule has 0 radical (unpaired) electrons. The Morgan fingerprint density at radius 3 is 2.10 bits per heavy atom. The highest BCUT2D eigenvalue weighted by atomic mass is 16.5. The van der Waals surface area contributed by atoms with E-state index in [1.165, 1.54) is 5.56 Å². The average Bonchev–Trinajstić information content (AvgIpc) is 2.73. The van der Waals surface area contributed by atoms with Gasteiger partial charge in [-0.3, -0.25) is 4.79 Å². The van der Waals surface area contributed by atoms with Crippen molar-refractivity contribution in [3.63, 3.8) is 0 Å². The molecule has 0 bridgehead atoms. The van der Waals surface area contributed by atoms with Crippen LogP contribution in [0.2, 0.25) is 0 Å². The van der Waals surface area contributed by atoms with Crippen LogP contribution in [-0.2, 0) is 12.0 Å². The Labute approximate surface area is 173 Å². The van der Waals surface area contributed by atoms with Crippen LogP contribution in [0.25, 0.3) is 0 Å². The van der Waals surface area contributed by atoms with Gasteiger partial charge in [-0.2, -0.15) is 0 Å². The molecular formula is C26H29NO2. The van der Waals surface area contributed by atoms with E-state index in [0.717, 1.165) is 16.9 Å². The molecule has 0 aliphatic carbocycles. The summed E-state index contributed by atoms with van der Waals surface area (Å²) in [6, 6.07) is 25.7. The molecule has 0 spiro atoms. The second-order valence-corrected chi connectivity index (χ2v) is 8.37. The number of carbonyl (C=O) groups is 1. The van der Waals surface area contributed by atoms with E-state index in [0.29, 0.717) is 12.2 Å². The number of benzene rings is 3. The third-order valence-electron chi connectivity index (χ3n) is 4.99. The van der Waals surface area contributed by atoms with Gasteiger partial charge in [0.05, 0.1) is 6.04 Å². The zero-order valence-electron chi connectivity index (χ0n) is 17.6. The molecule has 1 atom stereocenters. The highest BCUT2D eigenvalue weighted by Gasteiger charge is 2.13. The third-order valence-corrected chi connectivity index (χ3v) is 4.99. The standard InChI is InChI=1S/C26H29NO2/c1-19(21-8-6-5-7-9-21)27-25(28)22-12-10-20(11-13-22)18-29-24-16-14-23(15-17-24)26(2,3)4/h5-17,19H,18H2,1-4H3,(H,27,28)/t19-/m1/s1. The van der Waals surface area contributed by atoms with Gasteiger partial charge >= 0.3 is 0 Å². The molecule has 1 amide bonds. The molecule has 3 nitrogen and oxygen atoms in total. The fourth-order valence-electron chi connectivity index (χ4n) is 3.08. The lowest BCUT2D eigenvalue weighted by Gasteiger charge is -2.19. The third kappa shape index (κ3) is 5.71. The molecule has 0 unspecified atom stereocenters. The van der Waals surface area contributed by atoms with E-state index < -0.39 is 0 Å². The van der Waals surface area contributed by atoms with Gasteiger partial charge < -0.3 is 10.1 Å². The molecule has 0 aliphatic rings. The van der Waals surface area contributed by atoms with Gasteiger partial charge in [-0.05, 0) is 53.3 Å². The summed E-state index contributed by atoms with van der Waals surface area (Å²) >= 11 is 0. The van der Waals surface area contributed by atoms with E-state index in [1.54, 1.807) is 0 Å². The molecule has 0 saturated heterocycles. The summed E-state index contributed by atoms with van der Waals surface area (Å²) in [5.41, 5.74) is 4.17. The van der Waals surface area contributed by atoms with Crippen LogP contribution in [0.3, 0.4) is 0 Å². The predicted octanol–water partition coefficient (Wildman–Crippen LogP) is 6.05. The number of nitrogens with one attached hydrogen (secondary N) is 1. The van der Waals surface area contributed by atoms with E-state index >= 15 is 0 Å². The monoisotopic (exact) mass is 387 g/mol. The lowest BCUT2D eigenvalue weighted by atomic mass is 9.87. The quantitative estimate of drug-likeness (QED) is 0.559. The van der Waals surface area contributed by atoms with Crippen molar-refractivity contribution in [3.8, 4) is 5.75 Å². The molecule has 3 rings (SSSR count). The number of ether oxygens (including phenoxy) is 1. The van der Waals surface area contributed by atoms with Gasteiger partial charge in [0.25, 0.3) is 5.91 Å². The van der Waals surface area contributed by atoms with Crippen LogP contribution in [0, 0.1) is 0 Å². The van der Waals surface area contributed by atoms with Crippen LogP contribution in [0.4, 0.5) is 0 Å². The first kappa shape index (κ1) is 20.7. The van der Waals surface area contributed by atoms with E-state index in [9.17, 15) is 4.79 Å². The smallest absolute Gasteiger partial charge is 0.251 e. The van der Waals surface area contributed by atoms with E-state index in [4.69, 9.17) is 4.74 Å². The second kappa shape index (κ2) is 8.95. The molecule has 0 fully saturated rings. The summed E-state index contributed by atoms with van der Waals surface area (Å²) in [5, 5.41) is 3.04. The fraction of sp³-hybridized carbons (Fsp3) is 0.269. The Morgan fingerprint density at radius 1 is 0.897 bits per heavy atom. The summed E-state index contributed by atoms with van der Waals surface area (Å²) in [5.74, 6) is 0.767. The molecule has 0 aliphatic heterocycles. The molecule has 0 saturated carbocycles. The van der Waals surface area contributed by atoms with Crippen LogP contribution >= 0.6 is 0 Å². The van der Waals surface area contributed by atoms with Crippen LogP contribution in [-0.4, -0.2) is 5.91 Å². The summed E-state index contributed by atoms with van der Waals surface area (Å²) < 4.78 is 5.88. The second-order valence-electron chi connectivity index (χ2n) is 8.37. The van der Waals surface area contributed by atoms with Gasteiger partial charge in [-0.15, -0.1) is 0 Å². The van der Waals surface area contributed by atoms with E-state index in [1.807, 2.05) is 73.7 Å². The maximum absolute atomic E-state index is 12.5. The van der Waals surface area contributed by atoms with Crippen molar-refractivity contribution in [2.45, 2.75) is 45.8 Å². The molecule has 3 heteroatoms. The van der Waals surface area contributed by atoms with Crippen molar-refractivity contribution in [3.05, 3.63) is 101 Å².